The van der Waals surface area contributed by atoms with Gasteiger partial charge in [-0.25, -0.2) is 4.98 Å². The Morgan fingerprint density at radius 3 is 2.25 bits per heavy atom. The summed E-state index contributed by atoms with van der Waals surface area (Å²) < 4.78 is 10.6. The number of methoxy groups -OCH3 is 2. The maximum Gasteiger partial charge on any atom is 0.269 e. The van der Waals surface area contributed by atoms with Crippen LogP contribution in [0.15, 0.2) is 48.5 Å². The van der Waals surface area contributed by atoms with E-state index in [0.29, 0.717) is 33.9 Å². The molecule has 0 atom stereocenters. The molecule has 3 rings (SSSR count). The summed E-state index contributed by atoms with van der Waals surface area (Å²) in [7, 11) is 3.06. The van der Waals surface area contributed by atoms with Crippen LogP contribution in [-0.4, -0.2) is 24.1 Å². The number of nitriles is 1. The van der Waals surface area contributed by atoms with Gasteiger partial charge < -0.3 is 15.2 Å². The van der Waals surface area contributed by atoms with Gasteiger partial charge in [0.05, 0.1) is 24.8 Å². The molecule has 0 saturated carbocycles. The summed E-state index contributed by atoms with van der Waals surface area (Å²) in [5.74, 6) is 1.14. The molecule has 1 heterocycles. The van der Waals surface area contributed by atoms with E-state index in [1.54, 1.807) is 36.4 Å². The van der Waals surface area contributed by atoms with Gasteiger partial charge >= 0.3 is 0 Å². The lowest BCUT2D eigenvalue weighted by Gasteiger charge is -2.13. The van der Waals surface area contributed by atoms with E-state index < -0.39 is 4.92 Å². The van der Waals surface area contributed by atoms with Crippen LogP contribution in [0.1, 0.15) is 5.56 Å². The molecule has 0 aliphatic carbocycles. The van der Waals surface area contributed by atoms with Gasteiger partial charge in [0.15, 0.2) is 11.5 Å². The third-order valence-electron chi connectivity index (χ3n) is 4.23. The van der Waals surface area contributed by atoms with E-state index in [2.05, 4.69) is 11.1 Å². The highest BCUT2D eigenvalue weighted by atomic mass is 16.6. The Morgan fingerprint density at radius 1 is 1.04 bits per heavy atom. The second-order valence-corrected chi connectivity index (χ2v) is 5.80. The summed E-state index contributed by atoms with van der Waals surface area (Å²) in [6, 6.07) is 15.0. The second kappa shape index (κ2) is 7.63. The minimum absolute atomic E-state index is 0.0227. The number of hydrogen-bond donors (Lipinski definition) is 1. The Hall–Kier alpha value is -4.12. The number of rotatable bonds is 5. The predicted molar refractivity (Wildman–Crippen MR) is 104 cm³/mol. The van der Waals surface area contributed by atoms with Gasteiger partial charge in [0.1, 0.15) is 17.5 Å². The van der Waals surface area contributed by atoms with Crippen molar-refractivity contribution in [1.82, 2.24) is 4.98 Å². The smallest absolute Gasteiger partial charge is 0.269 e. The lowest BCUT2D eigenvalue weighted by atomic mass is 9.98. The van der Waals surface area contributed by atoms with Crippen molar-refractivity contribution in [1.29, 1.82) is 5.26 Å². The third kappa shape index (κ3) is 3.41. The molecule has 0 bridgehead atoms. The van der Waals surface area contributed by atoms with Crippen LogP contribution in [0.2, 0.25) is 0 Å². The van der Waals surface area contributed by atoms with Gasteiger partial charge in [-0.15, -0.1) is 0 Å². The lowest BCUT2D eigenvalue weighted by Crippen LogP contribution is -2.00. The summed E-state index contributed by atoms with van der Waals surface area (Å²) in [6.45, 7) is 0. The number of ether oxygens (including phenoxy) is 2. The topological polar surface area (TPSA) is 124 Å². The maximum absolute atomic E-state index is 10.8. The molecular formula is C20H16N4O4. The predicted octanol–water partition coefficient (Wildman–Crippen LogP) is 3.79. The summed E-state index contributed by atoms with van der Waals surface area (Å²) in [4.78, 5) is 14.7. The molecular weight excluding hydrogens is 360 g/mol. The Kier molecular flexibility index (Phi) is 5.09. The second-order valence-electron chi connectivity index (χ2n) is 5.80. The highest BCUT2D eigenvalue weighted by Crippen LogP contribution is 2.36. The van der Waals surface area contributed by atoms with E-state index in [9.17, 15) is 15.4 Å². The quantitative estimate of drug-likeness (QED) is 0.530. The summed E-state index contributed by atoms with van der Waals surface area (Å²) in [6.07, 6.45) is 0. The molecule has 0 aliphatic heterocycles. The number of nitrogen functional groups attached to an aromatic ring is 1. The van der Waals surface area contributed by atoms with Crippen molar-refractivity contribution in [3.63, 3.8) is 0 Å². The minimum atomic E-state index is -0.473. The van der Waals surface area contributed by atoms with Crippen LogP contribution in [0.3, 0.4) is 0 Å². The van der Waals surface area contributed by atoms with Gasteiger partial charge in [0, 0.05) is 23.3 Å². The highest BCUT2D eigenvalue weighted by Gasteiger charge is 2.16. The number of anilines is 1. The van der Waals surface area contributed by atoms with Gasteiger partial charge in [-0.1, -0.05) is 6.07 Å². The molecule has 0 saturated heterocycles. The number of nitro benzene ring substituents is 1. The molecule has 1 aromatic heterocycles. The van der Waals surface area contributed by atoms with Crippen LogP contribution in [-0.2, 0) is 0 Å². The largest absolute Gasteiger partial charge is 0.493 e. The average Bonchev–Trinajstić information content (AvgIpc) is 2.72. The number of nitro groups is 1. The van der Waals surface area contributed by atoms with Crippen LogP contribution in [0.25, 0.3) is 22.4 Å². The van der Waals surface area contributed by atoms with Crippen molar-refractivity contribution in [2.45, 2.75) is 0 Å². The normalized spacial score (nSPS) is 10.2. The van der Waals surface area contributed by atoms with Crippen molar-refractivity contribution in [3.05, 3.63) is 64.2 Å². The van der Waals surface area contributed by atoms with Crippen molar-refractivity contribution in [2.24, 2.45) is 0 Å². The number of aromatic nitrogens is 1. The lowest BCUT2D eigenvalue weighted by molar-refractivity contribution is -0.384. The standard InChI is InChI=1S/C20H16N4O4/c1-27-18-8-5-13(9-19(18)28-2)15-10-17(23-20(22)16(15)11-21)12-3-6-14(7-4-12)24(25)26/h3-10H,1-2H3,(H2,22,23). The van der Waals surface area contributed by atoms with E-state index >= 15 is 0 Å². The number of nitrogens with zero attached hydrogens (tertiary/aromatic N) is 3. The Labute approximate surface area is 160 Å². The zero-order valence-corrected chi connectivity index (χ0v) is 15.2. The number of benzene rings is 2. The van der Waals surface area contributed by atoms with Crippen LogP contribution < -0.4 is 15.2 Å². The molecule has 28 heavy (non-hydrogen) atoms. The fourth-order valence-corrected chi connectivity index (χ4v) is 2.82. The molecule has 0 fully saturated rings. The number of non-ortho nitro benzene ring substituents is 1. The van der Waals surface area contributed by atoms with E-state index in [4.69, 9.17) is 15.2 Å². The van der Waals surface area contributed by atoms with Gasteiger partial charge in [-0.05, 0) is 35.9 Å². The molecule has 0 aliphatic rings. The SMILES string of the molecule is COc1ccc(-c2cc(-c3ccc([N+](=O)[O-])cc3)nc(N)c2C#N)cc1OC. The third-order valence-corrected chi connectivity index (χ3v) is 4.23. The average molecular weight is 376 g/mol. The first-order chi connectivity index (χ1) is 13.5. The van der Waals surface area contributed by atoms with Gasteiger partial charge in [-0.2, -0.15) is 5.26 Å². The van der Waals surface area contributed by atoms with E-state index in [1.807, 2.05) is 0 Å². The maximum atomic E-state index is 10.8. The van der Waals surface area contributed by atoms with Crippen molar-refractivity contribution in [2.75, 3.05) is 20.0 Å². The summed E-state index contributed by atoms with van der Waals surface area (Å²) in [5.41, 5.74) is 8.64. The Bertz CT molecular complexity index is 1090. The fraction of sp³-hybridized carbons (Fsp3) is 0.100. The van der Waals surface area contributed by atoms with Gasteiger partial charge in [-0.3, -0.25) is 10.1 Å². The number of nitrogens with two attached hydrogens (primary N) is 1. The van der Waals surface area contributed by atoms with E-state index in [-0.39, 0.29) is 17.1 Å². The van der Waals surface area contributed by atoms with Crippen molar-refractivity contribution in [3.8, 4) is 40.0 Å². The Balaban J connectivity index is 2.16. The molecule has 0 unspecified atom stereocenters. The highest BCUT2D eigenvalue weighted by molar-refractivity contribution is 5.81. The van der Waals surface area contributed by atoms with E-state index in [0.717, 1.165) is 0 Å². The van der Waals surface area contributed by atoms with Crippen LogP contribution >= 0.6 is 0 Å². The molecule has 0 radical (unpaired) electrons. The first-order valence-corrected chi connectivity index (χ1v) is 8.16. The van der Waals surface area contributed by atoms with Gasteiger partial charge in [0.25, 0.3) is 5.69 Å². The fourth-order valence-electron chi connectivity index (χ4n) is 2.82. The zero-order chi connectivity index (χ0) is 20.3. The number of hydrogen-bond acceptors (Lipinski definition) is 7. The number of pyridine rings is 1. The van der Waals surface area contributed by atoms with Crippen molar-refractivity contribution >= 4 is 11.5 Å². The van der Waals surface area contributed by atoms with Crippen molar-refractivity contribution < 1.29 is 14.4 Å². The monoisotopic (exact) mass is 376 g/mol. The van der Waals surface area contributed by atoms with Gasteiger partial charge in [0.2, 0.25) is 0 Å². The van der Waals surface area contributed by atoms with Crippen LogP contribution in [0.5, 0.6) is 11.5 Å². The Morgan fingerprint density at radius 2 is 1.68 bits per heavy atom. The molecule has 0 spiro atoms. The minimum Gasteiger partial charge on any atom is -0.493 e. The molecule has 8 nitrogen and oxygen atoms in total. The molecule has 2 aromatic carbocycles. The first-order valence-electron chi connectivity index (χ1n) is 8.16. The first kappa shape index (κ1) is 18.7. The molecule has 0 amide bonds. The molecule has 8 heteroatoms. The summed E-state index contributed by atoms with van der Waals surface area (Å²) >= 11 is 0. The zero-order valence-electron chi connectivity index (χ0n) is 15.2. The molecule has 140 valence electrons. The molecule has 3 aromatic rings. The van der Waals surface area contributed by atoms with E-state index in [1.165, 1.54) is 26.4 Å². The van der Waals surface area contributed by atoms with Crippen LogP contribution in [0, 0.1) is 21.4 Å². The molecule has 2 N–H and O–H groups in total. The van der Waals surface area contributed by atoms with Crippen LogP contribution in [0.4, 0.5) is 11.5 Å². The summed E-state index contributed by atoms with van der Waals surface area (Å²) in [5, 5.41) is 20.4.